The molecule has 0 unspecified atom stereocenters. The molecule has 0 aliphatic rings. The molecule has 0 bridgehead atoms. The monoisotopic (exact) mass is 224 g/mol. The van der Waals surface area contributed by atoms with Crippen molar-refractivity contribution in [2.24, 2.45) is 0 Å². The van der Waals surface area contributed by atoms with E-state index in [-0.39, 0.29) is 5.56 Å². The number of hydrogen-bond donors (Lipinski definition) is 2. The summed E-state index contributed by atoms with van der Waals surface area (Å²) in [6.07, 6.45) is 2.56. The summed E-state index contributed by atoms with van der Waals surface area (Å²) in [7, 11) is 0. The Balaban J connectivity index is 3.16. The van der Waals surface area contributed by atoms with E-state index in [0.29, 0.717) is 6.54 Å². The van der Waals surface area contributed by atoms with Crippen LogP contribution in [0.1, 0.15) is 12.5 Å². The molecule has 1 aromatic rings. The molecule has 0 spiro atoms. The molecule has 0 saturated carbocycles. The molecule has 2 N–H and O–H groups in total. The third-order valence-corrected chi connectivity index (χ3v) is 2.50. The Morgan fingerprint density at radius 1 is 1.50 bits per heavy atom. The van der Waals surface area contributed by atoms with E-state index in [1.54, 1.807) is 6.92 Å². The lowest BCUT2D eigenvalue weighted by atomic mass is 9.83. The number of hydrogen-bond acceptors (Lipinski definition) is 2. The van der Waals surface area contributed by atoms with Crippen LogP contribution in [0.3, 0.4) is 0 Å². The van der Waals surface area contributed by atoms with Gasteiger partial charge in [-0.2, -0.15) is 0 Å². The van der Waals surface area contributed by atoms with Crippen molar-refractivity contribution < 1.29 is 8.78 Å². The van der Waals surface area contributed by atoms with Gasteiger partial charge in [-0.15, -0.1) is 0 Å². The largest absolute Gasteiger partial charge is 0.390 e. The Morgan fingerprint density at radius 3 is 2.75 bits per heavy atom. The second-order valence-corrected chi connectivity index (χ2v) is 3.75. The minimum Gasteiger partial charge on any atom is -0.390 e. The number of halogens is 2. The average Bonchev–Trinajstić information content (AvgIpc) is 2.29. The van der Waals surface area contributed by atoms with Crippen LogP contribution in [0.15, 0.2) is 31.0 Å². The minimum absolute atomic E-state index is 0.164. The molecule has 0 radical (unpaired) electrons. The number of rotatable bonds is 5. The van der Waals surface area contributed by atoms with Gasteiger partial charge in [0, 0.05) is 23.7 Å². The van der Waals surface area contributed by atoms with Gasteiger partial charge in [0.2, 0.25) is 0 Å². The van der Waals surface area contributed by atoms with E-state index in [1.807, 2.05) is 0 Å². The first-order valence-electron chi connectivity index (χ1n) is 4.85. The van der Waals surface area contributed by atoms with Crippen molar-refractivity contribution >= 4 is 6.21 Å². The van der Waals surface area contributed by atoms with Gasteiger partial charge in [0.25, 0.3) is 0 Å². The highest BCUT2D eigenvalue weighted by Gasteiger charge is 2.28. The zero-order valence-corrected chi connectivity index (χ0v) is 9.06. The fourth-order valence-corrected chi connectivity index (χ4v) is 1.45. The van der Waals surface area contributed by atoms with E-state index in [2.05, 4.69) is 11.9 Å². The summed E-state index contributed by atoms with van der Waals surface area (Å²) < 4.78 is 26.7. The van der Waals surface area contributed by atoms with Crippen LogP contribution in [-0.4, -0.2) is 12.8 Å². The van der Waals surface area contributed by atoms with Crippen molar-refractivity contribution in [3.8, 4) is 0 Å². The lowest BCUT2D eigenvalue weighted by Crippen LogP contribution is -2.35. The molecule has 86 valence electrons. The topological polar surface area (TPSA) is 35.9 Å². The molecule has 0 aromatic heterocycles. The summed E-state index contributed by atoms with van der Waals surface area (Å²) in [4.78, 5) is 0. The molecule has 1 rings (SSSR count). The standard InChI is InChI=1S/C12H14F2N2/c1-3-16-8-12(2,7-15)9-5-4-6-10(13)11(9)14/h3-7,15-16H,1,8H2,2H3/t12-/m1/s1. The Kier molecular flexibility index (Phi) is 3.77. The minimum atomic E-state index is -0.903. The molecule has 4 heteroatoms. The lowest BCUT2D eigenvalue weighted by Gasteiger charge is -2.25. The highest BCUT2D eigenvalue weighted by Crippen LogP contribution is 2.25. The normalized spacial score (nSPS) is 13.9. The van der Waals surface area contributed by atoms with Gasteiger partial charge in [-0.05, 0) is 19.2 Å². The highest BCUT2D eigenvalue weighted by molar-refractivity contribution is 5.71. The smallest absolute Gasteiger partial charge is 0.163 e. The second kappa shape index (κ2) is 4.88. The number of nitrogens with one attached hydrogen (secondary N) is 2. The zero-order chi connectivity index (χ0) is 12.2. The molecule has 0 fully saturated rings. The lowest BCUT2D eigenvalue weighted by molar-refractivity contribution is 0.475. The van der Waals surface area contributed by atoms with Crippen LogP contribution in [0.5, 0.6) is 0 Å². The van der Waals surface area contributed by atoms with Crippen molar-refractivity contribution in [1.82, 2.24) is 5.32 Å². The van der Waals surface area contributed by atoms with Crippen molar-refractivity contribution in [3.05, 3.63) is 48.2 Å². The second-order valence-electron chi connectivity index (χ2n) is 3.75. The Morgan fingerprint density at radius 2 is 2.19 bits per heavy atom. The molecule has 1 atom stereocenters. The van der Waals surface area contributed by atoms with Gasteiger partial charge < -0.3 is 10.7 Å². The molecule has 1 aromatic carbocycles. The van der Waals surface area contributed by atoms with E-state index >= 15 is 0 Å². The highest BCUT2D eigenvalue weighted by atomic mass is 19.2. The van der Waals surface area contributed by atoms with Gasteiger partial charge >= 0.3 is 0 Å². The molecule has 0 aliphatic heterocycles. The quantitative estimate of drug-likeness (QED) is 0.741. The van der Waals surface area contributed by atoms with Gasteiger partial charge in [-0.1, -0.05) is 18.7 Å². The van der Waals surface area contributed by atoms with Crippen LogP contribution >= 0.6 is 0 Å². The molecule has 0 amide bonds. The van der Waals surface area contributed by atoms with Crippen molar-refractivity contribution in [3.63, 3.8) is 0 Å². The number of benzene rings is 1. The van der Waals surface area contributed by atoms with E-state index in [1.165, 1.54) is 18.3 Å². The summed E-state index contributed by atoms with van der Waals surface area (Å²) >= 11 is 0. The summed E-state index contributed by atoms with van der Waals surface area (Å²) in [5.74, 6) is -1.80. The van der Waals surface area contributed by atoms with Crippen LogP contribution in [0.4, 0.5) is 8.78 Å². The van der Waals surface area contributed by atoms with Crippen LogP contribution in [0.25, 0.3) is 0 Å². The predicted molar refractivity (Wildman–Crippen MR) is 60.7 cm³/mol. The first-order valence-corrected chi connectivity index (χ1v) is 4.85. The van der Waals surface area contributed by atoms with E-state index in [4.69, 9.17) is 5.41 Å². The Labute approximate surface area is 93.5 Å². The van der Waals surface area contributed by atoms with Crippen molar-refractivity contribution in [1.29, 1.82) is 5.41 Å². The molecule has 2 nitrogen and oxygen atoms in total. The molecular weight excluding hydrogens is 210 g/mol. The molecular formula is C12H14F2N2. The first-order chi connectivity index (χ1) is 7.55. The summed E-state index contributed by atoms with van der Waals surface area (Å²) in [5, 5.41) is 10.2. The molecule has 16 heavy (non-hydrogen) atoms. The van der Waals surface area contributed by atoms with Gasteiger partial charge in [0.15, 0.2) is 11.6 Å². The van der Waals surface area contributed by atoms with Gasteiger partial charge in [-0.25, -0.2) is 8.78 Å². The van der Waals surface area contributed by atoms with E-state index in [0.717, 1.165) is 12.3 Å². The summed E-state index contributed by atoms with van der Waals surface area (Å²) in [6, 6.07) is 3.97. The van der Waals surface area contributed by atoms with E-state index < -0.39 is 17.0 Å². The molecule has 0 saturated heterocycles. The van der Waals surface area contributed by atoms with E-state index in [9.17, 15) is 8.78 Å². The predicted octanol–water partition coefficient (Wildman–Crippen LogP) is 2.61. The maximum atomic E-state index is 13.6. The third kappa shape index (κ3) is 2.27. The third-order valence-electron chi connectivity index (χ3n) is 2.50. The maximum absolute atomic E-state index is 13.6. The summed E-state index contributed by atoms with van der Waals surface area (Å²) in [6.45, 7) is 5.43. The zero-order valence-electron chi connectivity index (χ0n) is 9.06. The average molecular weight is 224 g/mol. The maximum Gasteiger partial charge on any atom is 0.163 e. The van der Waals surface area contributed by atoms with Crippen LogP contribution in [0, 0.1) is 17.0 Å². The Hall–Kier alpha value is -1.71. The van der Waals surface area contributed by atoms with Crippen molar-refractivity contribution in [2.75, 3.05) is 6.54 Å². The van der Waals surface area contributed by atoms with Gasteiger partial charge in [0.1, 0.15) is 0 Å². The molecule has 0 heterocycles. The van der Waals surface area contributed by atoms with Crippen molar-refractivity contribution in [2.45, 2.75) is 12.3 Å². The molecule has 0 aliphatic carbocycles. The van der Waals surface area contributed by atoms with Crippen LogP contribution in [-0.2, 0) is 5.41 Å². The van der Waals surface area contributed by atoms with Crippen LogP contribution < -0.4 is 5.32 Å². The fraction of sp³-hybridized carbons (Fsp3) is 0.250. The first kappa shape index (κ1) is 12.4. The van der Waals surface area contributed by atoms with Crippen LogP contribution in [0.2, 0.25) is 0 Å². The van der Waals surface area contributed by atoms with Gasteiger partial charge in [-0.3, -0.25) is 0 Å². The summed E-state index contributed by atoms with van der Waals surface area (Å²) in [5.41, 5.74) is -0.725. The van der Waals surface area contributed by atoms with Gasteiger partial charge in [0.05, 0.1) is 0 Å². The fourth-order valence-electron chi connectivity index (χ4n) is 1.45. The Bertz CT molecular complexity index is 404. The SMILES string of the molecule is C=CNC[C@@](C)(C=N)c1cccc(F)c1F.